The molecule has 0 unspecified atom stereocenters. The van der Waals surface area contributed by atoms with E-state index in [0.29, 0.717) is 78.0 Å². The zero-order chi connectivity index (χ0) is 47.9. The highest BCUT2D eigenvalue weighted by Crippen LogP contribution is 2.33. The molecule has 4 heterocycles. The molecule has 8 rings (SSSR count). The van der Waals surface area contributed by atoms with Crippen LogP contribution in [-0.4, -0.2) is 68.3 Å². The van der Waals surface area contributed by atoms with E-state index in [0.717, 1.165) is 73.9 Å². The number of amides is 2. The van der Waals surface area contributed by atoms with Crippen molar-refractivity contribution in [1.82, 2.24) is 29.9 Å². The maximum atomic E-state index is 13.0. The Bertz CT molecular complexity index is 2680. The molecule has 2 fully saturated rings. The molecule has 4 aromatic heterocycles. The number of fused-ring (bicyclic) bond motifs is 2. The lowest BCUT2D eigenvalue weighted by Crippen LogP contribution is -2.32. The van der Waals surface area contributed by atoms with Crippen LogP contribution in [0.25, 0.3) is 11.0 Å². The number of esters is 1. The van der Waals surface area contributed by atoms with Crippen LogP contribution in [0.3, 0.4) is 0 Å². The number of carboxylic acid groups (broad SMARTS) is 1. The molecule has 12 nitrogen and oxygen atoms in total. The molecule has 354 valence electrons. The number of rotatable bonds is 12. The summed E-state index contributed by atoms with van der Waals surface area (Å²) in [6.07, 6.45) is 4.33. The minimum Gasteiger partial charge on any atom is -0.481 e. The first-order valence-corrected chi connectivity index (χ1v) is 22.1. The smallest absolute Gasteiger partial charge is 0.416 e. The predicted octanol–water partition coefficient (Wildman–Crippen LogP) is 9.22. The van der Waals surface area contributed by atoms with Crippen molar-refractivity contribution >= 4 is 34.8 Å². The Kier molecular flexibility index (Phi) is 15.0. The van der Waals surface area contributed by atoms with Gasteiger partial charge < -0.3 is 20.5 Å². The van der Waals surface area contributed by atoms with Crippen LogP contribution in [0, 0.1) is 23.7 Å². The molecule has 2 saturated carbocycles. The topological polar surface area (TPSA) is 156 Å². The summed E-state index contributed by atoms with van der Waals surface area (Å²) in [6.45, 7) is 0.967. The third-order valence-corrected chi connectivity index (χ3v) is 12.8. The predicted molar refractivity (Wildman–Crippen MR) is 234 cm³/mol. The van der Waals surface area contributed by atoms with Crippen molar-refractivity contribution in [3.8, 4) is 0 Å². The lowest BCUT2D eigenvalue weighted by molar-refractivity contribution is -0.147. The number of methoxy groups -OCH3 is 1. The highest BCUT2D eigenvalue weighted by molar-refractivity contribution is 6.02. The van der Waals surface area contributed by atoms with Gasteiger partial charge in [-0.1, -0.05) is 36.4 Å². The van der Waals surface area contributed by atoms with E-state index in [1.165, 1.54) is 43.8 Å². The third-order valence-electron chi connectivity index (χ3n) is 12.8. The molecule has 0 radical (unpaired) electrons. The number of carboxylic acids is 1. The minimum absolute atomic E-state index is 0.0654. The van der Waals surface area contributed by atoms with E-state index < -0.39 is 29.4 Å². The molecule has 0 bridgehead atoms. The number of hydrogen-bond donors (Lipinski definition) is 3. The number of nitrogens with one attached hydrogen (secondary N) is 2. The fourth-order valence-corrected chi connectivity index (χ4v) is 8.96. The highest BCUT2D eigenvalue weighted by Gasteiger charge is 2.32. The number of aromatic nitrogens is 4. The summed E-state index contributed by atoms with van der Waals surface area (Å²) in [6, 6.07) is 17.3. The number of carbonyl (C=O) groups is 4. The second kappa shape index (κ2) is 20.8. The number of ether oxygens (including phenoxy) is 1. The number of nitrogens with zero attached hydrogens (tertiary/aromatic N) is 4. The molecular formula is C49H50F6N6O6. The largest absolute Gasteiger partial charge is 0.481 e. The number of pyridine rings is 2. The summed E-state index contributed by atoms with van der Waals surface area (Å²) >= 11 is 0. The molecule has 18 heteroatoms. The van der Waals surface area contributed by atoms with Crippen molar-refractivity contribution in [3.63, 3.8) is 0 Å². The van der Waals surface area contributed by atoms with E-state index in [-0.39, 0.29) is 35.5 Å². The van der Waals surface area contributed by atoms with E-state index in [2.05, 4.69) is 20.8 Å². The van der Waals surface area contributed by atoms with Gasteiger partial charge in [0.2, 0.25) is 0 Å². The maximum Gasteiger partial charge on any atom is 0.416 e. The van der Waals surface area contributed by atoms with Gasteiger partial charge in [-0.2, -0.15) is 36.5 Å². The van der Waals surface area contributed by atoms with Gasteiger partial charge in [0.25, 0.3) is 11.8 Å². The molecule has 2 aromatic carbocycles. The number of aliphatic carboxylic acids is 1. The average Bonchev–Trinajstić information content (AvgIpc) is 3.97. The Balaban J connectivity index is 0.000000199. The van der Waals surface area contributed by atoms with Crippen molar-refractivity contribution in [2.24, 2.45) is 23.7 Å². The Morgan fingerprint density at radius 2 is 1.00 bits per heavy atom. The standard InChI is InChI=1S/C25H26F3N3O3.C24H24F3N3O3/c1-34-24(33)18-8-4-17(5-9-18)14-29-23(32)21-15-30-31-12-2-3-19(22(21)31)13-16-6-10-20(11-7-16)25(26,27)28;25-24(26,27)19-9-5-15(6-10-19)12-18-2-1-11-30-21(18)20(14-29-30)22(31)28-13-16-3-7-17(8-4-16)23(32)33/h2-3,6-7,10-12,15,17-18H,4-5,8-9,13-14H2,1H3,(H,29,32);1-2,5-6,9-11,14,16-17H,3-4,7-8,12-13H2,(H,28,31)(H,32,33). The van der Waals surface area contributed by atoms with Gasteiger partial charge in [-0.3, -0.25) is 19.2 Å². The molecule has 0 spiro atoms. The molecule has 2 aliphatic rings. The number of hydrogen-bond acceptors (Lipinski definition) is 7. The van der Waals surface area contributed by atoms with E-state index >= 15 is 0 Å². The fourth-order valence-electron chi connectivity index (χ4n) is 8.96. The second-order valence-electron chi connectivity index (χ2n) is 17.2. The summed E-state index contributed by atoms with van der Waals surface area (Å²) in [4.78, 5) is 48.7. The first-order valence-electron chi connectivity index (χ1n) is 22.1. The molecule has 0 aliphatic heterocycles. The highest BCUT2D eigenvalue weighted by atomic mass is 19.4. The quantitative estimate of drug-likeness (QED) is 0.0811. The Morgan fingerprint density at radius 1 is 0.612 bits per heavy atom. The number of alkyl halides is 6. The lowest BCUT2D eigenvalue weighted by Gasteiger charge is -2.26. The van der Waals surface area contributed by atoms with Crippen LogP contribution in [0.15, 0.2) is 97.6 Å². The Hall–Kier alpha value is -6.72. The Morgan fingerprint density at radius 3 is 1.36 bits per heavy atom. The molecule has 6 aromatic rings. The van der Waals surface area contributed by atoms with Crippen LogP contribution in [-0.2, 0) is 39.5 Å². The van der Waals surface area contributed by atoms with Crippen LogP contribution in [0.2, 0.25) is 0 Å². The van der Waals surface area contributed by atoms with Gasteiger partial charge in [-0.15, -0.1) is 0 Å². The maximum absolute atomic E-state index is 13.0. The van der Waals surface area contributed by atoms with Crippen molar-refractivity contribution < 1.29 is 55.4 Å². The SMILES string of the molecule is COC(=O)C1CCC(CNC(=O)c2cnn3cccc(Cc4ccc(C(F)(F)F)cc4)c23)CC1.O=C(NCC1CCC(C(=O)O)CC1)c1cnn2cccc(Cc3ccc(C(F)(F)F)cc3)c12. The Labute approximate surface area is 381 Å². The monoisotopic (exact) mass is 932 g/mol. The zero-order valence-electron chi connectivity index (χ0n) is 36.6. The van der Waals surface area contributed by atoms with Crippen LogP contribution < -0.4 is 10.6 Å². The van der Waals surface area contributed by atoms with Gasteiger partial charge in [0.05, 0.1) is 64.6 Å². The van der Waals surface area contributed by atoms with Crippen LogP contribution in [0.4, 0.5) is 26.3 Å². The van der Waals surface area contributed by atoms with Crippen molar-refractivity contribution in [1.29, 1.82) is 0 Å². The van der Waals surface area contributed by atoms with Gasteiger partial charge in [-0.25, -0.2) is 9.03 Å². The van der Waals surface area contributed by atoms with Crippen molar-refractivity contribution in [3.05, 3.63) is 142 Å². The summed E-state index contributed by atoms with van der Waals surface area (Å²) in [5, 5.41) is 23.6. The molecule has 2 aliphatic carbocycles. The van der Waals surface area contributed by atoms with Crippen LogP contribution in [0.1, 0.15) is 105 Å². The third kappa shape index (κ3) is 12.0. The second-order valence-corrected chi connectivity index (χ2v) is 17.2. The van der Waals surface area contributed by atoms with Crippen LogP contribution >= 0.6 is 0 Å². The summed E-state index contributed by atoms with van der Waals surface area (Å²) in [5.41, 5.74) is 3.65. The molecule has 0 atom stereocenters. The van der Waals surface area contributed by atoms with E-state index in [9.17, 15) is 45.5 Å². The molecule has 0 saturated heterocycles. The molecular weight excluding hydrogens is 883 g/mol. The van der Waals surface area contributed by atoms with Crippen molar-refractivity contribution in [2.75, 3.05) is 20.2 Å². The van der Waals surface area contributed by atoms with E-state index in [1.807, 2.05) is 12.1 Å². The lowest BCUT2D eigenvalue weighted by atomic mass is 9.82. The van der Waals surface area contributed by atoms with E-state index in [4.69, 9.17) is 9.84 Å². The first-order chi connectivity index (χ1) is 32.0. The number of carbonyl (C=O) groups excluding carboxylic acids is 3. The number of benzene rings is 2. The molecule has 3 N–H and O–H groups in total. The normalized spacial score (nSPS) is 18.7. The van der Waals surface area contributed by atoms with Crippen LogP contribution in [0.5, 0.6) is 0 Å². The molecule has 67 heavy (non-hydrogen) atoms. The number of halogens is 6. The van der Waals surface area contributed by atoms with Gasteiger partial charge in [0.15, 0.2) is 0 Å². The summed E-state index contributed by atoms with van der Waals surface area (Å²) in [5.74, 6) is -1.29. The average molecular weight is 933 g/mol. The van der Waals surface area contributed by atoms with Gasteiger partial charge in [-0.05, 0) is 135 Å². The van der Waals surface area contributed by atoms with E-state index in [1.54, 1.807) is 33.6 Å². The van der Waals surface area contributed by atoms with Crippen molar-refractivity contribution in [2.45, 2.75) is 76.6 Å². The summed E-state index contributed by atoms with van der Waals surface area (Å²) < 4.78 is 85.1. The zero-order valence-corrected chi connectivity index (χ0v) is 36.6. The molecule has 2 amide bonds. The van der Waals surface area contributed by atoms with Gasteiger partial charge >= 0.3 is 24.3 Å². The van der Waals surface area contributed by atoms with Gasteiger partial charge in [0, 0.05) is 25.5 Å². The minimum atomic E-state index is -4.39. The first kappa shape index (κ1) is 48.2. The van der Waals surface area contributed by atoms with Gasteiger partial charge in [0.1, 0.15) is 0 Å². The summed E-state index contributed by atoms with van der Waals surface area (Å²) in [7, 11) is 1.40. The fraction of sp³-hybridized carbons (Fsp3) is 0.388.